The molecular formula is C23H34N2O5. The average molecular weight is 419 g/mol. The maximum Gasteiger partial charge on any atom is 0.325 e. The van der Waals surface area contributed by atoms with E-state index in [9.17, 15) is 14.7 Å². The molecule has 7 heteroatoms. The number of nitrogens with one attached hydrogen (secondary N) is 1. The first-order chi connectivity index (χ1) is 14.2. The molecule has 1 heterocycles. The number of β-amino-alcohol motifs (C(OH)–C–C–N with tert-alkyl or cyclic N) is 1. The lowest BCUT2D eigenvalue weighted by Crippen LogP contribution is -2.51. The van der Waals surface area contributed by atoms with Gasteiger partial charge in [0, 0.05) is 0 Å². The highest BCUT2D eigenvalue weighted by Gasteiger charge is 2.53. The maximum absolute atomic E-state index is 13.1. The predicted molar refractivity (Wildman–Crippen MR) is 114 cm³/mol. The van der Waals surface area contributed by atoms with Crippen molar-refractivity contribution >= 4 is 11.9 Å². The molecule has 3 amide bonds. The Hall–Kier alpha value is -2.28. The smallest absolute Gasteiger partial charge is 0.325 e. The number of nitrogens with zero attached hydrogens (tertiary/aromatic N) is 1. The Labute approximate surface area is 178 Å². The molecule has 1 spiro atoms. The topological polar surface area (TPSA) is 88.1 Å². The van der Waals surface area contributed by atoms with Crippen LogP contribution in [0.2, 0.25) is 0 Å². The van der Waals surface area contributed by atoms with Gasteiger partial charge in [-0.25, -0.2) is 4.79 Å². The molecule has 1 aromatic carbocycles. The summed E-state index contributed by atoms with van der Waals surface area (Å²) in [4.78, 5) is 26.7. The van der Waals surface area contributed by atoms with Crippen molar-refractivity contribution in [2.45, 2.75) is 64.5 Å². The molecule has 1 aromatic rings. The summed E-state index contributed by atoms with van der Waals surface area (Å²) in [6.07, 6.45) is 3.28. The number of benzene rings is 1. The number of amides is 3. The zero-order chi connectivity index (χ0) is 21.9. The van der Waals surface area contributed by atoms with Gasteiger partial charge in [-0.15, -0.1) is 0 Å². The van der Waals surface area contributed by atoms with Crippen molar-refractivity contribution in [3.05, 3.63) is 24.3 Å². The van der Waals surface area contributed by atoms with E-state index in [1.165, 1.54) is 0 Å². The van der Waals surface area contributed by atoms with E-state index in [1.54, 1.807) is 31.4 Å². The lowest BCUT2D eigenvalue weighted by molar-refractivity contribution is -0.134. The molecule has 1 aliphatic heterocycles. The third-order valence-electron chi connectivity index (χ3n) is 7.00. The Morgan fingerprint density at radius 2 is 1.80 bits per heavy atom. The number of aliphatic hydroxyl groups is 1. The fourth-order valence-electron chi connectivity index (χ4n) is 4.49. The lowest BCUT2D eigenvalue weighted by Gasteiger charge is -2.42. The number of urea groups is 1. The molecule has 0 radical (unpaired) electrons. The summed E-state index contributed by atoms with van der Waals surface area (Å²) in [6.45, 7) is 6.66. The fraction of sp³-hybridized carbons (Fsp3) is 0.652. The Morgan fingerprint density at radius 3 is 2.37 bits per heavy atom. The molecule has 7 nitrogen and oxygen atoms in total. The highest BCUT2D eigenvalue weighted by Crippen LogP contribution is 2.45. The van der Waals surface area contributed by atoms with E-state index in [1.807, 2.05) is 0 Å². The minimum Gasteiger partial charge on any atom is -0.497 e. The fourth-order valence-corrected chi connectivity index (χ4v) is 4.49. The molecule has 1 aliphatic carbocycles. The largest absolute Gasteiger partial charge is 0.497 e. The first kappa shape index (κ1) is 22.4. The second-order valence-corrected chi connectivity index (χ2v) is 9.18. The molecule has 0 bridgehead atoms. The van der Waals surface area contributed by atoms with Crippen LogP contribution in [0.15, 0.2) is 24.3 Å². The van der Waals surface area contributed by atoms with Crippen molar-refractivity contribution in [3.63, 3.8) is 0 Å². The van der Waals surface area contributed by atoms with E-state index < -0.39 is 17.7 Å². The van der Waals surface area contributed by atoms with Gasteiger partial charge in [0.25, 0.3) is 5.91 Å². The molecule has 1 unspecified atom stereocenters. The SMILES string of the molecule is CCC(C)(C)C1CCC2(CC1)NC(=O)N(CC(O)COc1ccc(OC)cc1)C2=O. The molecule has 1 saturated carbocycles. The van der Waals surface area contributed by atoms with Gasteiger partial charge in [0.2, 0.25) is 0 Å². The van der Waals surface area contributed by atoms with Crippen molar-refractivity contribution in [2.24, 2.45) is 11.3 Å². The predicted octanol–water partition coefficient (Wildman–Crippen LogP) is 3.35. The Balaban J connectivity index is 1.54. The highest BCUT2D eigenvalue weighted by molar-refractivity contribution is 6.07. The van der Waals surface area contributed by atoms with Crippen LogP contribution in [0.3, 0.4) is 0 Å². The van der Waals surface area contributed by atoms with E-state index in [4.69, 9.17) is 9.47 Å². The van der Waals surface area contributed by atoms with Crippen LogP contribution in [-0.2, 0) is 4.79 Å². The molecule has 0 aromatic heterocycles. The molecule has 3 rings (SSSR count). The number of rotatable bonds is 8. The van der Waals surface area contributed by atoms with Crippen molar-refractivity contribution in [1.29, 1.82) is 0 Å². The third kappa shape index (κ3) is 4.56. The van der Waals surface area contributed by atoms with Gasteiger partial charge in [-0.05, 0) is 61.3 Å². The molecular weight excluding hydrogens is 384 g/mol. The van der Waals surface area contributed by atoms with Crippen LogP contribution < -0.4 is 14.8 Å². The van der Waals surface area contributed by atoms with Gasteiger partial charge in [-0.3, -0.25) is 9.69 Å². The second kappa shape index (κ2) is 8.84. The van der Waals surface area contributed by atoms with Crippen LogP contribution in [0.1, 0.15) is 52.9 Å². The van der Waals surface area contributed by atoms with Crippen LogP contribution >= 0.6 is 0 Å². The van der Waals surface area contributed by atoms with Crippen molar-refractivity contribution in [1.82, 2.24) is 10.2 Å². The molecule has 1 saturated heterocycles. The number of ether oxygens (including phenoxy) is 2. The number of aliphatic hydroxyl groups excluding tert-OH is 1. The Bertz CT molecular complexity index is 753. The number of carbonyl (C=O) groups excluding carboxylic acids is 2. The monoisotopic (exact) mass is 418 g/mol. The Kier molecular flexibility index (Phi) is 6.60. The van der Waals surface area contributed by atoms with Gasteiger partial charge >= 0.3 is 6.03 Å². The number of carbonyl (C=O) groups is 2. The number of hydrogen-bond acceptors (Lipinski definition) is 5. The average Bonchev–Trinajstić information content (AvgIpc) is 2.97. The quantitative estimate of drug-likeness (QED) is 0.632. The van der Waals surface area contributed by atoms with Gasteiger partial charge in [0.1, 0.15) is 29.7 Å². The standard InChI is InChI=1S/C23H34N2O5/c1-5-22(2,3)16-10-12-23(13-11-16)20(27)25(21(28)24-23)14-17(26)15-30-19-8-6-18(29-4)7-9-19/h6-9,16-17,26H,5,10-15H2,1-4H3,(H,24,28). The first-order valence-electron chi connectivity index (χ1n) is 10.8. The minimum absolute atomic E-state index is 0.0108. The summed E-state index contributed by atoms with van der Waals surface area (Å²) in [6, 6.07) is 6.59. The van der Waals surface area contributed by atoms with Crippen molar-refractivity contribution in [3.8, 4) is 11.5 Å². The van der Waals surface area contributed by atoms with E-state index in [0.717, 1.165) is 24.2 Å². The third-order valence-corrected chi connectivity index (χ3v) is 7.00. The van der Waals surface area contributed by atoms with Crippen LogP contribution in [-0.4, -0.2) is 53.8 Å². The van der Waals surface area contributed by atoms with Crippen LogP contribution in [0.5, 0.6) is 11.5 Å². The summed E-state index contributed by atoms with van der Waals surface area (Å²) in [5, 5.41) is 13.3. The van der Waals surface area contributed by atoms with Crippen LogP contribution in [0, 0.1) is 11.3 Å². The molecule has 30 heavy (non-hydrogen) atoms. The lowest BCUT2D eigenvalue weighted by atomic mass is 9.65. The van der Waals surface area contributed by atoms with Gasteiger partial charge in [-0.2, -0.15) is 0 Å². The van der Waals surface area contributed by atoms with E-state index in [-0.39, 0.29) is 24.5 Å². The number of methoxy groups -OCH3 is 1. The molecule has 2 N–H and O–H groups in total. The van der Waals surface area contributed by atoms with Gasteiger partial charge in [0.05, 0.1) is 13.7 Å². The normalized spacial score (nSPS) is 25.4. The second-order valence-electron chi connectivity index (χ2n) is 9.18. The van der Waals surface area contributed by atoms with Crippen LogP contribution in [0.25, 0.3) is 0 Å². The van der Waals surface area contributed by atoms with Gasteiger partial charge in [0.15, 0.2) is 0 Å². The van der Waals surface area contributed by atoms with E-state index in [2.05, 4.69) is 26.1 Å². The molecule has 2 fully saturated rings. The van der Waals surface area contributed by atoms with Crippen molar-refractivity contribution < 1.29 is 24.2 Å². The minimum atomic E-state index is -0.965. The highest BCUT2D eigenvalue weighted by atomic mass is 16.5. The summed E-state index contributed by atoms with van der Waals surface area (Å²) in [7, 11) is 1.58. The molecule has 1 atom stereocenters. The first-order valence-corrected chi connectivity index (χ1v) is 10.8. The van der Waals surface area contributed by atoms with Crippen LogP contribution in [0.4, 0.5) is 4.79 Å². The zero-order valence-electron chi connectivity index (χ0n) is 18.4. The number of hydrogen-bond donors (Lipinski definition) is 2. The zero-order valence-corrected chi connectivity index (χ0v) is 18.4. The number of imide groups is 1. The summed E-state index contributed by atoms with van der Waals surface area (Å²) >= 11 is 0. The van der Waals surface area contributed by atoms with Crippen molar-refractivity contribution in [2.75, 3.05) is 20.3 Å². The summed E-state index contributed by atoms with van der Waals surface area (Å²) in [5.74, 6) is 1.63. The van der Waals surface area contributed by atoms with Gasteiger partial charge in [-0.1, -0.05) is 27.2 Å². The Morgan fingerprint density at radius 1 is 1.20 bits per heavy atom. The van der Waals surface area contributed by atoms with E-state index in [0.29, 0.717) is 30.3 Å². The van der Waals surface area contributed by atoms with E-state index >= 15 is 0 Å². The summed E-state index contributed by atoms with van der Waals surface area (Å²) in [5.41, 5.74) is -0.573. The summed E-state index contributed by atoms with van der Waals surface area (Å²) < 4.78 is 10.7. The molecule has 166 valence electrons. The molecule has 2 aliphatic rings. The van der Waals surface area contributed by atoms with Gasteiger partial charge < -0.3 is 19.9 Å². The maximum atomic E-state index is 13.1.